The third kappa shape index (κ3) is 9.42. The van der Waals surface area contributed by atoms with Gasteiger partial charge in [0.15, 0.2) is 0 Å². The van der Waals surface area contributed by atoms with Gasteiger partial charge in [-0.15, -0.1) is 0 Å². The van der Waals surface area contributed by atoms with E-state index in [1.807, 2.05) is 0 Å². The summed E-state index contributed by atoms with van der Waals surface area (Å²) in [6.07, 6.45) is 15.3. The first-order valence-corrected chi connectivity index (χ1v) is 16.3. The van der Waals surface area contributed by atoms with Crippen molar-refractivity contribution in [2.24, 2.45) is 5.92 Å². The van der Waals surface area contributed by atoms with Gasteiger partial charge in [-0.25, -0.2) is 4.98 Å². The van der Waals surface area contributed by atoms with E-state index < -0.39 is 0 Å². The van der Waals surface area contributed by atoms with Crippen molar-refractivity contribution >= 4 is 11.8 Å². The Bertz CT molecular complexity index is 990. The zero-order valence-corrected chi connectivity index (χ0v) is 25.0. The summed E-state index contributed by atoms with van der Waals surface area (Å²) in [5.74, 6) is 2.70. The number of hydrogen-bond donors (Lipinski definition) is 3. The number of piperazine rings is 1. The molecule has 220 valence electrons. The highest BCUT2D eigenvalue weighted by Gasteiger charge is 2.22. The molecule has 2 aliphatic carbocycles. The van der Waals surface area contributed by atoms with E-state index in [4.69, 9.17) is 4.98 Å². The zero-order valence-electron chi connectivity index (χ0n) is 25.0. The Morgan fingerprint density at radius 1 is 0.775 bits per heavy atom. The summed E-state index contributed by atoms with van der Waals surface area (Å²) in [6, 6.07) is 11.8. The minimum atomic E-state index is 0.729. The molecule has 0 atom stereocenters. The molecule has 3 fully saturated rings. The third-order valence-electron chi connectivity index (χ3n) is 9.15. The topological polar surface area (TPSA) is 68.3 Å². The van der Waals surface area contributed by atoms with Crippen molar-refractivity contribution in [3.8, 4) is 0 Å². The van der Waals surface area contributed by atoms with Gasteiger partial charge in [-0.2, -0.15) is 4.98 Å². The lowest BCUT2D eigenvalue weighted by Crippen LogP contribution is -2.48. The number of nitrogens with zero attached hydrogens (tertiary/aromatic N) is 4. The molecule has 40 heavy (non-hydrogen) atoms. The van der Waals surface area contributed by atoms with Gasteiger partial charge >= 0.3 is 0 Å². The largest absolute Gasteiger partial charge is 0.354 e. The third-order valence-corrected chi connectivity index (χ3v) is 9.15. The zero-order chi connectivity index (χ0) is 27.4. The number of nitrogens with one attached hydrogen (secondary N) is 3. The smallest absolute Gasteiger partial charge is 0.225 e. The van der Waals surface area contributed by atoms with Crippen LogP contribution in [-0.4, -0.2) is 66.7 Å². The summed E-state index contributed by atoms with van der Waals surface area (Å²) >= 11 is 0. The SMILES string of the molecule is Cc1cc(N2CCN(CC3CCCCC3)CC2)nc(NCc2ccc(CNCCCNC3CCCCC3)cc2)n1. The standard InChI is InChI=1S/C33H53N7/c1-27-23-32(40-21-19-39(20-22-40)26-30-9-4-2-5-10-30)38-33(37-27)36-25-29-15-13-28(14-16-29)24-34-17-8-18-35-31-11-6-3-7-12-31/h13-16,23,30-31,34-35H,2-12,17-22,24-26H2,1H3,(H,36,37,38). The van der Waals surface area contributed by atoms with Crippen molar-refractivity contribution in [2.75, 3.05) is 56.0 Å². The second-order valence-electron chi connectivity index (χ2n) is 12.5. The summed E-state index contributed by atoms with van der Waals surface area (Å²) in [5.41, 5.74) is 3.61. The summed E-state index contributed by atoms with van der Waals surface area (Å²) in [5, 5.41) is 10.8. The van der Waals surface area contributed by atoms with Gasteiger partial charge in [-0.1, -0.05) is 62.8 Å². The quantitative estimate of drug-likeness (QED) is 0.286. The minimum Gasteiger partial charge on any atom is -0.354 e. The van der Waals surface area contributed by atoms with E-state index in [0.29, 0.717) is 0 Å². The second-order valence-corrected chi connectivity index (χ2v) is 12.5. The number of aryl methyl sites for hydroxylation is 1. The fourth-order valence-electron chi connectivity index (χ4n) is 6.70. The molecule has 3 N–H and O–H groups in total. The van der Waals surface area contributed by atoms with Crippen LogP contribution < -0.4 is 20.9 Å². The first-order valence-electron chi connectivity index (χ1n) is 16.3. The Morgan fingerprint density at radius 2 is 1.45 bits per heavy atom. The lowest BCUT2D eigenvalue weighted by molar-refractivity contribution is 0.192. The minimum absolute atomic E-state index is 0.729. The molecule has 1 aromatic heterocycles. The number of anilines is 2. The summed E-state index contributed by atoms with van der Waals surface area (Å²) < 4.78 is 0. The molecule has 7 nitrogen and oxygen atoms in total. The van der Waals surface area contributed by atoms with Gasteiger partial charge in [0.05, 0.1) is 0 Å². The lowest BCUT2D eigenvalue weighted by Gasteiger charge is -2.37. The van der Waals surface area contributed by atoms with Crippen LogP contribution in [0.15, 0.2) is 30.3 Å². The molecule has 0 unspecified atom stereocenters. The van der Waals surface area contributed by atoms with Crippen LogP contribution in [0.5, 0.6) is 0 Å². The van der Waals surface area contributed by atoms with Crippen molar-refractivity contribution < 1.29 is 0 Å². The fraction of sp³-hybridized carbons (Fsp3) is 0.697. The average molecular weight is 548 g/mol. The fourth-order valence-corrected chi connectivity index (χ4v) is 6.70. The molecule has 2 aromatic rings. The predicted octanol–water partition coefficient (Wildman–Crippen LogP) is 5.50. The molecule has 1 saturated heterocycles. The molecular weight excluding hydrogens is 494 g/mol. The molecule has 7 heteroatoms. The number of hydrogen-bond acceptors (Lipinski definition) is 7. The van der Waals surface area contributed by atoms with Gasteiger partial charge < -0.3 is 20.9 Å². The van der Waals surface area contributed by atoms with E-state index in [-0.39, 0.29) is 0 Å². The van der Waals surface area contributed by atoms with E-state index in [1.54, 1.807) is 0 Å². The maximum atomic E-state index is 4.90. The maximum Gasteiger partial charge on any atom is 0.225 e. The Kier molecular flexibility index (Phi) is 11.5. The van der Waals surface area contributed by atoms with Crippen molar-refractivity contribution in [3.05, 3.63) is 47.2 Å². The predicted molar refractivity (Wildman–Crippen MR) is 167 cm³/mol. The van der Waals surface area contributed by atoms with Gasteiger partial charge in [-0.05, 0) is 69.2 Å². The van der Waals surface area contributed by atoms with Gasteiger partial charge in [0.25, 0.3) is 0 Å². The Labute approximate surface area is 242 Å². The van der Waals surface area contributed by atoms with Crippen molar-refractivity contribution in [1.29, 1.82) is 0 Å². The monoisotopic (exact) mass is 547 g/mol. The molecule has 1 aromatic carbocycles. The molecule has 0 bridgehead atoms. The molecule has 1 aliphatic heterocycles. The number of aromatic nitrogens is 2. The highest BCUT2D eigenvalue weighted by Crippen LogP contribution is 2.25. The summed E-state index contributed by atoms with van der Waals surface area (Å²) in [4.78, 5) is 14.7. The van der Waals surface area contributed by atoms with Crippen LogP contribution in [0.25, 0.3) is 0 Å². The number of benzene rings is 1. The molecule has 0 radical (unpaired) electrons. The normalized spacial score (nSPS) is 19.7. The van der Waals surface area contributed by atoms with Crippen molar-refractivity contribution in [1.82, 2.24) is 25.5 Å². The van der Waals surface area contributed by atoms with E-state index >= 15 is 0 Å². The highest BCUT2D eigenvalue weighted by molar-refractivity contribution is 5.45. The van der Waals surface area contributed by atoms with Crippen molar-refractivity contribution in [2.45, 2.75) is 96.7 Å². The number of rotatable bonds is 13. The molecule has 5 rings (SSSR count). The first-order chi connectivity index (χ1) is 19.7. The van der Waals surface area contributed by atoms with Crippen LogP contribution in [-0.2, 0) is 13.1 Å². The second kappa shape index (κ2) is 15.7. The van der Waals surface area contributed by atoms with Crippen LogP contribution >= 0.6 is 0 Å². The van der Waals surface area contributed by atoms with Crippen LogP contribution in [0.1, 0.15) is 87.4 Å². The summed E-state index contributed by atoms with van der Waals surface area (Å²) in [7, 11) is 0. The average Bonchev–Trinajstić information content (AvgIpc) is 3.00. The molecule has 3 aliphatic rings. The van der Waals surface area contributed by atoms with E-state index in [9.17, 15) is 0 Å². The Hall–Kier alpha value is -2.22. The maximum absolute atomic E-state index is 4.90. The van der Waals surface area contributed by atoms with E-state index in [1.165, 1.54) is 88.3 Å². The lowest BCUT2D eigenvalue weighted by atomic mass is 9.89. The van der Waals surface area contributed by atoms with Crippen LogP contribution in [0.4, 0.5) is 11.8 Å². The molecule has 2 heterocycles. The van der Waals surface area contributed by atoms with Gasteiger partial charge in [0, 0.05) is 63.6 Å². The van der Waals surface area contributed by atoms with Crippen molar-refractivity contribution in [3.63, 3.8) is 0 Å². The van der Waals surface area contributed by atoms with Crippen LogP contribution in [0.3, 0.4) is 0 Å². The van der Waals surface area contributed by atoms with Gasteiger partial charge in [0.2, 0.25) is 5.95 Å². The van der Waals surface area contributed by atoms with Crippen LogP contribution in [0.2, 0.25) is 0 Å². The van der Waals surface area contributed by atoms with Gasteiger partial charge in [-0.3, -0.25) is 4.90 Å². The van der Waals surface area contributed by atoms with E-state index in [2.05, 4.69) is 68.0 Å². The Morgan fingerprint density at radius 3 is 2.17 bits per heavy atom. The summed E-state index contributed by atoms with van der Waals surface area (Å²) in [6.45, 7) is 11.6. The molecule has 0 spiro atoms. The molecule has 0 amide bonds. The Balaban J connectivity index is 1.00. The van der Waals surface area contributed by atoms with Gasteiger partial charge in [0.1, 0.15) is 5.82 Å². The molecule has 2 saturated carbocycles. The highest BCUT2D eigenvalue weighted by atomic mass is 15.3. The first kappa shape index (κ1) is 29.3. The molecular formula is C33H53N7. The van der Waals surface area contributed by atoms with E-state index in [0.717, 1.165) is 81.8 Å². The van der Waals surface area contributed by atoms with Crippen LogP contribution in [0, 0.1) is 12.8 Å².